The van der Waals surface area contributed by atoms with Crippen molar-refractivity contribution in [3.05, 3.63) is 48.0 Å². The van der Waals surface area contributed by atoms with Gasteiger partial charge in [0.25, 0.3) is 0 Å². The highest BCUT2D eigenvalue weighted by Gasteiger charge is 2.29. The summed E-state index contributed by atoms with van der Waals surface area (Å²) in [4.78, 5) is 20.8. The minimum Gasteiger partial charge on any atom is -0.493 e. The van der Waals surface area contributed by atoms with E-state index >= 15 is 0 Å². The first-order valence-electron chi connectivity index (χ1n) is 8.32. The Kier molecular flexibility index (Phi) is 3.80. The molecule has 1 aromatic carbocycles. The summed E-state index contributed by atoms with van der Waals surface area (Å²) in [6.07, 6.45) is 5.66. The molecule has 1 saturated carbocycles. The van der Waals surface area contributed by atoms with E-state index in [0.29, 0.717) is 18.2 Å². The average molecular weight is 324 g/mol. The molecule has 6 heteroatoms. The van der Waals surface area contributed by atoms with Gasteiger partial charge in [0, 0.05) is 23.4 Å². The van der Waals surface area contributed by atoms with E-state index in [1.54, 1.807) is 12.4 Å². The van der Waals surface area contributed by atoms with Crippen molar-refractivity contribution in [1.82, 2.24) is 15.3 Å². The lowest BCUT2D eigenvalue weighted by atomic mass is 9.94. The molecule has 2 amide bonds. The molecule has 2 aromatic rings. The smallest absolute Gasteiger partial charge is 0.319 e. The maximum atomic E-state index is 12.2. The number of hydrogen-bond donors (Lipinski definition) is 2. The maximum Gasteiger partial charge on any atom is 0.319 e. The zero-order valence-corrected chi connectivity index (χ0v) is 13.5. The molecule has 1 aliphatic carbocycles. The second-order valence-electron chi connectivity index (χ2n) is 6.45. The van der Waals surface area contributed by atoms with Crippen molar-refractivity contribution in [2.45, 2.75) is 37.6 Å². The van der Waals surface area contributed by atoms with Crippen LogP contribution in [-0.2, 0) is 0 Å². The number of para-hydroxylation sites is 1. The van der Waals surface area contributed by atoms with Gasteiger partial charge in [-0.05, 0) is 25.8 Å². The van der Waals surface area contributed by atoms with Crippen molar-refractivity contribution in [2.75, 3.05) is 11.9 Å². The summed E-state index contributed by atoms with van der Waals surface area (Å²) in [7, 11) is 0. The molecule has 0 spiro atoms. The molecule has 24 heavy (non-hydrogen) atoms. The van der Waals surface area contributed by atoms with Crippen LogP contribution in [0, 0.1) is 0 Å². The molecule has 0 unspecified atom stereocenters. The molecule has 2 heterocycles. The molecule has 1 fully saturated rings. The second kappa shape index (κ2) is 6.11. The maximum absolute atomic E-state index is 12.2. The van der Waals surface area contributed by atoms with Crippen LogP contribution in [0.4, 0.5) is 10.5 Å². The molecule has 0 bridgehead atoms. The van der Waals surface area contributed by atoms with E-state index in [4.69, 9.17) is 4.74 Å². The third-order valence-electron chi connectivity index (χ3n) is 4.57. The summed E-state index contributed by atoms with van der Waals surface area (Å²) < 4.78 is 5.68. The van der Waals surface area contributed by atoms with Gasteiger partial charge >= 0.3 is 6.03 Å². The number of urea groups is 1. The molecule has 2 atom stereocenters. The molecule has 4 rings (SSSR count). The molecule has 1 aliphatic heterocycles. The molecular formula is C18H20N4O2. The molecule has 2 aliphatic rings. The number of ether oxygens (including phenoxy) is 1. The minimum atomic E-state index is -0.255. The van der Waals surface area contributed by atoms with E-state index in [2.05, 4.69) is 20.6 Å². The van der Waals surface area contributed by atoms with E-state index in [1.165, 1.54) is 0 Å². The second-order valence-corrected chi connectivity index (χ2v) is 6.45. The van der Waals surface area contributed by atoms with Gasteiger partial charge in [-0.15, -0.1) is 0 Å². The topological polar surface area (TPSA) is 76.1 Å². The molecule has 0 saturated heterocycles. The fourth-order valence-corrected chi connectivity index (χ4v) is 3.03. The molecule has 6 nitrogen and oxygen atoms in total. The lowest BCUT2D eigenvalue weighted by Gasteiger charge is -2.20. The summed E-state index contributed by atoms with van der Waals surface area (Å²) in [5, 5.41) is 5.77. The summed E-state index contributed by atoms with van der Waals surface area (Å²) in [5.41, 5.74) is 1.74. The third kappa shape index (κ3) is 3.04. The molecule has 2 N–H and O–H groups in total. The number of fused-ring (bicyclic) bond motifs is 1. The first-order valence-corrected chi connectivity index (χ1v) is 8.32. The number of anilines is 1. The summed E-state index contributed by atoms with van der Waals surface area (Å²) >= 11 is 0. The number of rotatable bonds is 4. The van der Waals surface area contributed by atoms with Crippen LogP contribution in [0.1, 0.15) is 43.0 Å². The Morgan fingerprint density at radius 1 is 1.25 bits per heavy atom. The molecule has 124 valence electrons. The van der Waals surface area contributed by atoms with E-state index < -0.39 is 0 Å². The Labute approximate surface area is 140 Å². The van der Waals surface area contributed by atoms with Crippen molar-refractivity contribution in [3.63, 3.8) is 0 Å². The Bertz CT molecular complexity index is 743. The number of nitrogens with zero attached hydrogens (tertiary/aromatic N) is 2. The van der Waals surface area contributed by atoms with Crippen LogP contribution < -0.4 is 15.4 Å². The standard InChI is InChI=1S/C18H20N4O2/c1-11(15-10-24-16-5-3-2-4-14(15)16)21-18(23)22-13-8-19-17(20-9-13)12-6-7-12/h2-5,8-9,11-12,15H,6-7,10H2,1H3,(H2,21,22,23)/t11-,15+/m0/s1. The number of carbonyl (C=O) groups is 1. The highest BCUT2D eigenvalue weighted by atomic mass is 16.5. The van der Waals surface area contributed by atoms with Crippen LogP contribution in [0.25, 0.3) is 0 Å². The molecular weight excluding hydrogens is 304 g/mol. The van der Waals surface area contributed by atoms with Crippen molar-refractivity contribution < 1.29 is 9.53 Å². The fraction of sp³-hybridized carbons (Fsp3) is 0.389. The highest BCUT2D eigenvalue weighted by Crippen LogP contribution is 2.38. The Morgan fingerprint density at radius 3 is 2.75 bits per heavy atom. The van der Waals surface area contributed by atoms with Crippen LogP contribution in [0.3, 0.4) is 0 Å². The molecule has 0 radical (unpaired) electrons. The van der Waals surface area contributed by atoms with Gasteiger partial charge in [-0.25, -0.2) is 14.8 Å². The van der Waals surface area contributed by atoms with Crippen molar-refractivity contribution in [1.29, 1.82) is 0 Å². The number of carbonyl (C=O) groups excluding carboxylic acids is 1. The van der Waals surface area contributed by atoms with Crippen molar-refractivity contribution in [3.8, 4) is 5.75 Å². The van der Waals surface area contributed by atoms with Crippen molar-refractivity contribution in [2.24, 2.45) is 0 Å². The van der Waals surface area contributed by atoms with Crippen molar-refractivity contribution >= 4 is 11.7 Å². The number of benzene rings is 1. The largest absolute Gasteiger partial charge is 0.493 e. The predicted octanol–water partition coefficient (Wildman–Crippen LogP) is 3.04. The Balaban J connectivity index is 1.35. The quantitative estimate of drug-likeness (QED) is 0.906. The van der Waals surface area contributed by atoms with Gasteiger partial charge in [-0.3, -0.25) is 0 Å². The van der Waals surface area contributed by atoms with Gasteiger partial charge < -0.3 is 15.4 Å². The summed E-state index contributed by atoms with van der Waals surface area (Å²) in [6, 6.07) is 7.66. The minimum absolute atomic E-state index is 0.0414. The normalized spacial score (nSPS) is 20.0. The molecule has 1 aromatic heterocycles. The van der Waals surface area contributed by atoms with Crippen LogP contribution in [-0.4, -0.2) is 28.6 Å². The van der Waals surface area contributed by atoms with Gasteiger partial charge in [0.2, 0.25) is 0 Å². The van der Waals surface area contributed by atoms with Crippen LogP contribution in [0.15, 0.2) is 36.7 Å². The third-order valence-corrected chi connectivity index (χ3v) is 4.57. The van der Waals surface area contributed by atoms with Gasteiger partial charge in [-0.2, -0.15) is 0 Å². The summed E-state index contributed by atoms with van der Waals surface area (Å²) in [5.74, 6) is 2.44. The zero-order valence-electron chi connectivity index (χ0n) is 13.5. The van der Waals surface area contributed by atoms with Gasteiger partial charge in [0.15, 0.2) is 0 Å². The van der Waals surface area contributed by atoms with E-state index in [1.807, 2.05) is 31.2 Å². The Hall–Kier alpha value is -2.63. The number of aromatic nitrogens is 2. The first-order chi connectivity index (χ1) is 11.7. The summed E-state index contributed by atoms with van der Waals surface area (Å²) in [6.45, 7) is 2.57. The average Bonchev–Trinajstić information content (AvgIpc) is 3.34. The monoisotopic (exact) mass is 324 g/mol. The van der Waals surface area contributed by atoms with Gasteiger partial charge in [0.1, 0.15) is 11.6 Å². The van der Waals surface area contributed by atoms with Crippen LogP contribution in [0.5, 0.6) is 5.75 Å². The van der Waals surface area contributed by atoms with Gasteiger partial charge in [-0.1, -0.05) is 18.2 Å². The van der Waals surface area contributed by atoms with Crippen LogP contribution >= 0.6 is 0 Å². The number of amides is 2. The first kappa shape index (κ1) is 14.9. The number of nitrogens with one attached hydrogen (secondary N) is 2. The van der Waals surface area contributed by atoms with E-state index in [0.717, 1.165) is 30.0 Å². The van der Waals surface area contributed by atoms with Crippen LogP contribution in [0.2, 0.25) is 0 Å². The van der Waals surface area contributed by atoms with Gasteiger partial charge in [0.05, 0.1) is 24.7 Å². The SMILES string of the molecule is C[C@H](NC(=O)Nc1cnc(C2CC2)nc1)[C@H]1COc2ccccc21. The lowest BCUT2D eigenvalue weighted by Crippen LogP contribution is -2.40. The zero-order chi connectivity index (χ0) is 16.5. The van der Waals surface area contributed by atoms with E-state index in [-0.39, 0.29) is 18.0 Å². The fourth-order valence-electron chi connectivity index (χ4n) is 3.03. The Morgan fingerprint density at radius 2 is 2.00 bits per heavy atom. The highest BCUT2D eigenvalue weighted by molar-refractivity contribution is 5.89. The van der Waals surface area contributed by atoms with E-state index in [9.17, 15) is 4.79 Å². The lowest BCUT2D eigenvalue weighted by molar-refractivity contribution is 0.244. The number of hydrogen-bond acceptors (Lipinski definition) is 4. The predicted molar refractivity (Wildman–Crippen MR) is 90.3 cm³/mol.